The number of carbonyl (C=O) groups excluding carboxylic acids is 1. The number of rotatable bonds is 4. The highest BCUT2D eigenvalue weighted by Gasteiger charge is 2.36. The number of anilines is 1. The molecule has 0 radical (unpaired) electrons. The van der Waals surface area contributed by atoms with Gasteiger partial charge in [-0.3, -0.25) is 4.79 Å². The summed E-state index contributed by atoms with van der Waals surface area (Å²) in [5.74, 6) is -0.0920. The minimum Gasteiger partial charge on any atom is -0.508 e. The molecule has 0 aliphatic carbocycles. The van der Waals surface area contributed by atoms with Gasteiger partial charge in [0.25, 0.3) is 5.91 Å². The molecule has 2 aliphatic heterocycles. The Kier molecular flexibility index (Phi) is 5.94. The molecule has 170 valence electrons. The van der Waals surface area contributed by atoms with E-state index in [9.17, 15) is 9.90 Å². The zero-order chi connectivity index (χ0) is 23.7. The minimum absolute atomic E-state index is 0.0570. The molecule has 1 atom stereocenters. The maximum Gasteiger partial charge on any atom is 0.286 e. The van der Waals surface area contributed by atoms with Crippen molar-refractivity contribution in [1.29, 1.82) is 0 Å². The number of benzene rings is 3. The summed E-state index contributed by atoms with van der Waals surface area (Å²) in [5.41, 5.74) is 5.10. The fraction of sp³-hybridized carbons (Fsp3) is 0.148. The summed E-state index contributed by atoms with van der Waals surface area (Å²) >= 11 is 1.33. The third-order valence-electron chi connectivity index (χ3n) is 5.81. The summed E-state index contributed by atoms with van der Waals surface area (Å²) in [6, 6.07) is 25.2. The molecule has 0 fully saturated rings. The van der Waals surface area contributed by atoms with Crippen molar-refractivity contribution < 1.29 is 9.90 Å². The van der Waals surface area contributed by atoms with E-state index < -0.39 is 0 Å². The number of hydrogen-bond donors (Lipinski definition) is 1. The number of hydrogen-bond acceptors (Lipinski definition) is 6. The van der Waals surface area contributed by atoms with Crippen molar-refractivity contribution in [3.05, 3.63) is 100 Å². The Hall–Kier alpha value is -3.84. The van der Waals surface area contributed by atoms with E-state index in [1.165, 1.54) is 11.8 Å². The Morgan fingerprint density at radius 2 is 1.71 bits per heavy atom. The lowest BCUT2D eigenvalue weighted by atomic mass is 9.98. The molecule has 34 heavy (non-hydrogen) atoms. The van der Waals surface area contributed by atoms with Crippen molar-refractivity contribution in [3.8, 4) is 5.75 Å². The predicted molar refractivity (Wildman–Crippen MR) is 139 cm³/mol. The Morgan fingerprint density at radius 3 is 2.38 bits per heavy atom. The fourth-order valence-corrected chi connectivity index (χ4v) is 4.88. The van der Waals surface area contributed by atoms with Crippen molar-refractivity contribution >= 4 is 40.3 Å². The monoisotopic (exact) mass is 468 g/mol. The molecule has 0 spiro atoms. The van der Waals surface area contributed by atoms with E-state index >= 15 is 0 Å². The molecule has 3 aromatic rings. The molecule has 1 unspecified atom stereocenters. The number of nitrogens with zero attached hydrogens (tertiary/aromatic N) is 4. The second-order valence-corrected chi connectivity index (χ2v) is 9.37. The quantitative estimate of drug-likeness (QED) is 0.528. The van der Waals surface area contributed by atoms with E-state index in [2.05, 4.69) is 46.3 Å². The topological polar surface area (TPSA) is 68.5 Å². The van der Waals surface area contributed by atoms with Crippen LogP contribution in [-0.2, 0) is 4.79 Å². The van der Waals surface area contributed by atoms with Crippen molar-refractivity contribution in [2.24, 2.45) is 10.1 Å². The Bertz CT molecular complexity index is 1300. The van der Waals surface area contributed by atoms with Crippen LogP contribution in [0.3, 0.4) is 0 Å². The van der Waals surface area contributed by atoms with Gasteiger partial charge in [-0.05, 0) is 58.8 Å². The number of carbonyl (C=O) groups is 1. The van der Waals surface area contributed by atoms with Crippen molar-refractivity contribution in [2.75, 3.05) is 19.0 Å². The van der Waals surface area contributed by atoms with Gasteiger partial charge in [0.15, 0.2) is 5.17 Å². The average molecular weight is 469 g/mol. The molecule has 7 heteroatoms. The van der Waals surface area contributed by atoms with Crippen molar-refractivity contribution in [3.63, 3.8) is 0 Å². The van der Waals surface area contributed by atoms with E-state index in [-0.39, 0.29) is 17.7 Å². The van der Waals surface area contributed by atoms with E-state index in [0.29, 0.717) is 10.1 Å². The lowest BCUT2D eigenvalue weighted by Crippen LogP contribution is -2.23. The van der Waals surface area contributed by atoms with Crippen LogP contribution in [0.25, 0.3) is 6.08 Å². The van der Waals surface area contributed by atoms with Gasteiger partial charge in [0, 0.05) is 26.2 Å². The van der Waals surface area contributed by atoms with Crippen molar-refractivity contribution in [2.45, 2.75) is 12.5 Å². The van der Waals surface area contributed by atoms with Gasteiger partial charge in [-0.25, -0.2) is 5.01 Å². The molecular weight excluding hydrogens is 444 g/mol. The van der Waals surface area contributed by atoms with E-state index in [1.54, 1.807) is 30.3 Å². The zero-order valence-corrected chi connectivity index (χ0v) is 19.7. The zero-order valence-electron chi connectivity index (χ0n) is 18.9. The number of phenols is 1. The first-order valence-electron chi connectivity index (χ1n) is 11.0. The van der Waals surface area contributed by atoms with Gasteiger partial charge in [-0.2, -0.15) is 10.1 Å². The number of aromatic hydroxyl groups is 1. The summed E-state index contributed by atoms with van der Waals surface area (Å²) < 4.78 is 0. The smallest absolute Gasteiger partial charge is 0.286 e. The molecule has 0 bridgehead atoms. The lowest BCUT2D eigenvalue weighted by molar-refractivity contribution is -0.113. The Labute approximate surface area is 202 Å². The molecule has 2 heterocycles. The fourth-order valence-electron chi connectivity index (χ4n) is 3.96. The maximum atomic E-state index is 12.7. The van der Waals surface area contributed by atoms with E-state index in [0.717, 1.165) is 34.5 Å². The average Bonchev–Trinajstić information content (AvgIpc) is 3.45. The Morgan fingerprint density at radius 1 is 1.00 bits per heavy atom. The third kappa shape index (κ3) is 4.47. The van der Waals surface area contributed by atoms with Gasteiger partial charge in [0.2, 0.25) is 0 Å². The molecule has 1 amide bonds. The summed E-state index contributed by atoms with van der Waals surface area (Å²) in [7, 11) is 4.04. The number of phenolic OH excluding ortho intramolecular Hbond substituents is 1. The van der Waals surface area contributed by atoms with Crippen LogP contribution in [-0.4, -0.2) is 41.0 Å². The number of amides is 1. The molecule has 1 N–H and O–H groups in total. The van der Waals surface area contributed by atoms with Crippen LogP contribution in [0.15, 0.2) is 93.9 Å². The van der Waals surface area contributed by atoms with Gasteiger partial charge >= 0.3 is 0 Å². The van der Waals surface area contributed by atoms with Gasteiger partial charge in [0.1, 0.15) is 5.75 Å². The van der Waals surface area contributed by atoms with Gasteiger partial charge in [0.05, 0.1) is 16.7 Å². The molecule has 0 saturated heterocycles. The maximum absolute atomic E-state index is 12.7. The standard InChI is InChI=1S/C27H24N4O2S/c1-30(2)21-12-10-20(11-13-21)24-17-23(19-6-4-3-5-7-19)29-31(24)27-28-26(33)25(34-27)16-18-8-14-22(32)15-9-18/h3-16,24,32H,17H2,1-2H3/b25-16-. The first-order chi connectivity index (χ1) is 16.5. The molecule has 0 saturated carbocycles. The SMILES string of the molecule is CN(C)c1ccc(C2CC(c3ccccc3)=NN2C2=NC(=O)/C(=C/c3ccc(O)cc3)S2)cc1. The summed E-state index contributed by atoms with van der Waals surface area (Å²) in [5, 5.41) is 16.9. The number of thioether (sulfide) groups is 1. The van der Waals surface area contributed by atoms with Crippen LogP contribution in [0.1, 0.15) is 29.2 Å². The van der Waals surface area contributed by atoms with Gasteiger partial charge in [-0.1, -0.05) is 54.6 Å². The Balaban J connectivity index is 1.47. The van der Waals surface area contributed by atoms with Gasteiger partial charge < -0.3 is 10.0 Å². The highest BCUT2D eigenvalue weighted by molar-refractivity contribution is 8.18. The minimum atomic E-state index is -0.279. The second kappa shape index (κ2) is 9.19. The summed E-state index contributed by atoms with van der Waals surface area (Å²) in [6.07, 6.45) is 2.51. The molecule has 6 nitrogen and oxygen atoms in total. The van der Waals surface area contributed by atoms with Crippen LogP contribution >= 0.6 is 11.8 Å². The first kappa shape index (κ1) is 22.0. The van der Waals surface area contributed by atoms with Gasteiger partial charge in [-0.15, -0.1) is 0 Å². The van der Waals surface area contributed by atoms with Crippen LogP contribution in [0.5, 0.6) is 5.75 Å². The molecule has 3 aromatic carbocycles. The largest absolute Gasteiger partial charge is 0.508 e. The number of amidine groups is 1. The lowest BCUT2D eigenvalue weighted by Gasteiger charge is -2.23. The van der Waals surface area contributed by atoms with Crippen LogP contribution in [0.4, 0.5) is 5.69 Å². The molecule has 0 aromatic heterocycles. The van der Waals surface area contributed by atoms with Crippen LogP contribution in [0.2, 0.25) is 0 Å². The van der Waals surface area contributed by atoms with E-state index in [4.69, 9.17) is 5.10 Å². The highest BCUT2D eigenvalue weighted by Crippen LogP contribution is 2.40. The predicted octanol–water partition coefficient (Wildman–Crippen LogP) is 5.28. The van der Waals surface area contributed by atoms with Crippen LogP contribution < -0.4 is 4.90 Å². The summed E-state index contributed by atoms with van der Waals surface area (Å²) in [4.78, 5) is 19.7. The van der Waals surface area contributed by atoms with E-state index in [1.807, 2.05) is 37.3 Å². The summed E-state index contributed by atoms with van der Waals surface area (Å²) in [6.45, 7) is 0. The second-order valence-electron chi connectivity index (χ2n) is 8.36. The number of aliphatic imine (C=N–C) groups is 1. The number of hydrazone groups is 1. The van der Waals surface area contributed by atoms with Crippen molar-refractivity contribution in [1.82, 2.24) is 5.01 Å². The first-order valence-corrected chi connectivity index (χ1v) is 11.8. The third-order valence-corrected chi connectivity index (χ3v) is 6.78. The van der Waals surface area contributed by atoms with Crippen LogP contribution in [0, 0.1) is 0 Å². The molecule has 5 rings (SSSR count). The molecule has 2 aliphatic rings. The highest BCUT2D eigenvalue weighted by atomic mass is 32.2. The normalized spacial score (nSPS) is 18.9. The molecular formula is C27H24N4O2S.